The minimum absolute atomic E-state index is 0.0513. The fourth-order valence-corrected chi connectivity index (χ4v) is 7.24. The highest BCUT2D eigenvalue weighted by Crippen LogP contribution is 2.30. The highest BCUT2D eigenvalue weighted by atomic mass is 32.2. The van der Waals surface area contributed by atoms with Crippen LogP contribution in [0.4, 0.5) is 9.59 Å². The van der Waals surface area contributed by atoms with Gasteiger partial charge in [-0.15, -0.1) is 0 Å². The molecule has 0 spiro atoms. The van der Waals surface area contributed by atoms with Crippen LogP contribution in [0.2, 0.25) is 0 Å². The number of carbonyl (C=O) groups excluding carboxylic acids is 2. The minimum atomic E-state index is -3.43. The fourth-order valence-electron chi connectivity index (χ4n) is 5.53. The van der Waals surface area contributed by atoms with E-state index in [1.807, 2.05) is 63.3 Å². The number of sulfonamides is 1. The highest BCUT2D eigenvalue weighted by molar-refractivity contribution is 7.89. The number of alkyl carbamates (subject to hydrolysis) is 1. The Hall–Kier alpha value is -2.59. The number of ether oxygens (including phenoxy) is 2. The number of piperazine rings is 1. The lowest BCUT2D eigenvalue weighted by atomic mass is 9.84. The van der Waals surface area contributed by atoms with Gasteiger partial charge in [0.05, 0.1) is 11.8 Å². The number of amides is 2. The summed E-state index contributed by atoms with van der Waals surface area (Å²) in [7, 11) is -3.43. The van der Waals surface area contributed by atoms with Crippen molar-refractivity contribution in [3.8, 4) is 0 Å². The molecule has 10 heteroatoms. The molecule has 3 fully saturated rings. The first-order chi connectivity index (χ1) is 18.0. The van der Waals surface area contributed by atoms with Gasteiger partial charge in [-0.1, -0.05) is 55.3 Å². The standard InChI is InChI=1S/C28H41N3O6S/c1-28(2,3)37-27(33)30-18-24(31-19-23(30)13-9-17-38(31,34)35)16-15-22-12-7-8-14-25(22)29-26(32)36-20-21-10-5-4-6-11-21/h4-6,10-11,15-16,22-25H,7-9,12-14,17-20H2,1-3H3,(H,29,32)/t22-,23-,24+,25+/m1/s1. The second-order valence-electron chi connectivity index (χ2n) is 11.5. The summed E-state index contributed by atoms with van der Waals surface area (Å²) in [6.45, 7) is 6.22. The summed E-state index contributed by atoms with van der Waals surface area (Å²) < 4.78 is 38.8. The van der Waals surface area contributed by atoms with E-state index < -0.39 is 33.9 Å². The summed E-state index contributed by atoms with van der Waals surface area (Å²) >= 11 is 0. The van der Waals surface area contributed by atoms with Gasteiger partial charge in [0.25, 0.3) is 0 Å². The lowest BCUT2D eigenvalue weighted by Crippen LogP contribution is -2.60. The summed E-state index contributed by atoms with van der Waals surface area (Å²) in [4.78, 5) is 27.3. The van der Waals surface area contributed by atoms with Crippen LogP contribution in [-0.2, 0) is 26.1 Å². The van der Waals surface area contributed by atoms with Crippen molar-refractivity contribution in [3.63, 3.8) is 0 Å². The lowest BCUT2D eigenvalue weighted by Gasteiger charge is -2.43. The molecule has 9 nitrogen and oxygen atoms in total. The van der Waals surface area contributed by atoms with Crippen LogP contribution < -0.4 is 5.32 Å². The molecule has 3 aliphatic rings. The van der Waals surface area contributed by atoms with Gasteiger partial charge in [-0.25, -0.2) is 18.0 Å². The van der Waals surface area contributed by atoms with Crippen molar-refractivity contribution in [2.75, 3.05) is 18.8 Å². The van der Waals surface area contributed by atoms with Crippen molar-refractivity contribution in [2.45, 2.75) is 89.6 Å². The van der Waals surface area contributed by atoms with Gasteiger partial charge in [0, 0.05) is 25.2 Å². The molecular weight excluding hydrogens is 506 g/mol. The van der Waals surface area contributed by atoms with E-state index in [1.54, 1.807) is 9.21 Å². The molecule has 210 valence electrons. The van der Waals surface area contributed by atoms with E-state index in [1.165, 1.54) is 0 Å². The van der Waals surface area contributed by atoms with Gasteiger partial charge < -0.3 is 19.7 Å². The maximum atomic E-state index is 13.1. The Labute approximate surface area is 226 Å². The molecule has 38 heavy (non-hydrogen) atoms. The molecule has 2 amide bonds. The largest absolute Gasteiger partial charge is 0.445 e. The van der Waals surface area contributed by atoms with Crippen molar-refractivity contribution in [1.82, 2.24) is 14.5 Å². The normalized spacial score (nSPS) is 29.3. The molecule has 1 saturated carbocycles. The second-order valence-corrected chi connectivity index (χ2v) is 13.6. The van der Waals surface area contributed by atoms with Crippen LogP contribution in [0, 0.1) is 5.92 Å². The number of nitrogens with zero attached hydrogens (tertiary/aromatic N) is 2. The Morgan fingerprint density at radius 2 is 1.76 bits per heavy atom. The van der Waals surface area contributed by atoms with Crippen LogP contribution in [0.3, 0.4) is 0 Å². The third-order valence-electron chi connectivity index (χ3n) is 7.43. The Balaban J connectivity index is 1.45. The number of hydrogen-bond acceptors (Lipinski definition) is 6. The fraction of sp³-hybridized carbons (Fsp3) is 0.643. The SMILES string of the molecule is CC(C)(C)OC(=O)N1C[C@H](C=C[C@H]2CCCC[C@@H]2NC(=O)OCc2ccccc2)N2C[C@H]1CCCS2(=O)=O. The summed E-state index contributed by atoms with van der Waals surface area (Å²) in [5, 5.41) is 3.02. The number of carbonyl (C=O) groups is 2. The molecule has 1 aromatic rings. The molecule has 0 aromatic heterocycles. The summed E-state index contributed by atoms with van der Waals surface area (Å²) in [6.07, 6.45) is 7.98. The monoisotopic (exact) mass is 547 g/mol. The van der Waals surface area contributed by atoms with Gasteiger partial charge >= 0.3 is 12.2 Å². The van der Waals surface area contributed by atoms with Gasteiger partial charge in [0.1, 0.15) is 12.2 Å². The molecule has 1 unspecified atom stereocenters. The van der Waals surface area contributed by atoms with Gasteiger partial charge in [0.2, 0.25) is 10.0 Å². The van der Waals surface area contributed by atoms with Crippen LogP contribution in [0.25, 0.3) is 0 Å². The van der Waals surface area contributed by atoms with Crippen molar-refractivity contribution >= 4 is 22.2 Å². The van der Waals surface area contributed by atoms with Crippen LogP contribution in [-0.4, -0.2) is 72.4 Å². The van der Waals surface area contributed by atoms with E-state index in [9.17, 15) is 18.0 Å². The molecule has 0 radical (unpaired) electrons. The first kappa shape index (κ1) is 28.4. The smallest absolute Gasteiger partial charge is 0.410 e. The molecule has 2 bridgehead atoms. The molecule has 1 aliphatic carbocycles. The van der Waals surface area contributed by atoms with Gasteiger partial charge in [-0.05, 0) is 57.9 Å². The Bertz CT molecular complexity index is 1100. The average molecular weight is 548 g/mol. The van der Waals surface area contributed by atoms with E-state index in [0.29, 0.717) is 12.8 Å². The lowest BCUT2D eigenvalue weighted by molar-refractivity contribution is 0.00103. The zero-order valence-electron chi connectivity index (χ0n) is 22.7. The van der Waals surface area contributed by atoms with E-state index in [2.05, 4.69) is 5.32 Å². The maximum Gasteiger partial charge on any atom is 0.410 e. The number of nitrogens with one attached hydrogen (secondary N) is 1. The van der Waals surface area contributed by atoms with Gasteiger partial charge in [-0.3, -0.25) is 0 Å². The van der Waals surface area contributed by atoms with E-state index in [4.69, 9.17) is 9.47 Å². The second kappa shape index (κ2) is 12.1. The topological polar surface area (TPSA) is 105 Å². The molecule has 2 aliphatic heterocycles. The summed E-state index contributed by atoms with van der Waals surface area (Å²) in [5.74, 6) is 0.132. The zero-order valence-corrected chi connectivity index (χ0v) is 23.5. The predicted molar refractivity (Wildman–Crippen MR) is 145 cm³/mol. The highest BCUT2D eigenvalue weighted by Gasteiger charge is 2.43. The quantitative estimate of drug-likeness (QED) is 0.547. The van der Waals surface area contributed by atoms with E-state index in [-0.39, 0.29) is 43.5 Å². The van der Waals surface area contributed by atoms with Crippen LogP contribution in [0.15, 0.2) is 42.5 Å². The first-order valence-corrected chi connectivity index (χ1v) is 15.3. The Morgan fingerprint density at radius 1 is 1.03 bits per heavy atom. The molecular formula is C28H41N3O6S. The third kappa shape index (κ3) is 7.50. The van der Waals surface area contributed by atoms with Crippen molar-refractivity contribution in [2.24, 2.45) is 5.92 Å². The predicted octanol–water partition coefficient (Wildman–Crippen LogP) is 4.44. The average Bonchev–Trinajstić information content (AvgIpc) is 2.98. The Morgan fingerprint density at radius 3 is 2.50 bits per heavy atom. The number of benzene rings is 1. The van der Waals surface area contributed by atoms with Gasteiger partial charge in [-0.2, -0.15) is 4.31 Å². The zero-order chi connectivity index (χ0) is 27.3. The number of fused-ring (bicyclic) bond motifs is 2. The molecule has 2 heterocycles. The maximum absolute atomic E-state index is 13.1. The van der Waals surface area contributed by atoms with Crippen LogP contribution in [0.5, 0.6) is 0 Å². The first-order valence-electron chi connectivity index (χ1n) is 13.7. The molecule has 1 N–H and O–H groups in total. The summed E-state index contributed by atoms with van der Waals surface area (Å²) in [5.41, 5.74) is 0.290. The Kier molecular flexibility index (Phi) is 9.03. The van der Waals surface area contributed by atoms with Crippen LogP contribution in [0.1, 0.15) is 64.9 Å². The number of rotatable bonds is 5. The molecule has 1 aromatic carbocycles. The minimum Gasteiger partial charge on any atom is -0.445 e. The van der Waals surface area contributed by atoms with Crippen LogP contribution >= 0.6 is 0 Å². The molecule has 4 rings (SSSR count). The van der Waals surface area contributed by atoms with Crippen molar-refractivity contribution in [1.29, 1.82) is 0 Å². The van der Waals surface area contributed by atoms with E-state index in [0.717, 1.165) is 31.2 Å². The van der Waals surface area contributed by atoms with E-state index >= 15 is 0 Å². The van der Waals surface area contributed by atoms with Crippen molar-refractivity contribution < 1.29 is 27.5 Å². The molecule has 2 saturated heterocycles. The number of hydrogen-bond donors (Lipinski definition) is 1. The van der Waals surface area contributed by atoms with Crippen molar-refractivity contribution in [3.05, 3.63) is 48.0 Å². The molecule has 5 atom stereocenters. The van der Waals surface area contributed by atoms with Gasteiger partial charge in [0.15, 0.2) is 0 Å². The third-order valence-corrected chi connectivity index (χ3v) is 9.36. The summed E-state index contributed by atoms with van der Waals surface area (Å²) in [6, 6.07) is 8.77.